The van der Waals surface area contributed by atoms with Crippen molar-refractivity contribution in [1.29, 1.82) is 0 Å². The number of nitrogens with zero attached hydrogens (tertiary/aromatic N) is 2. The maximum Gasteiger partial charge on any atom is 0.320 e. The van der Waals surface area contributed by atoms with Crippen LogP contribution in [-0.4, -0.2) is 52.6 Å². The van der Waals surface area contributed by atoms with Crippen LogP contribution in [0.15, 0.2) is 0 Å². The first-order valence-corrected chi connectivity index (χ1v) is 7.32. The van der Waals surface area contributed by atoms with Crippen LogP contribution in [0, 0.1) is 5.92 Å². The van der Waals surface area contributed by atoms with E-state index in [0.717, 1.165) is 38.6 Å². The van der Waals surface area contributed by atoms with Gasteiger partial charge in [0.25, 0.3) is 0 Å². The Morgan fingerprint density at radius 1 is 1.32 bits per heavy atom. The molecule has 2 saturated heterocycles. The van der Waals surface area contributed by atoms with Gasteiger partial charge in [0.05, 0.1) is 5.92 Å². The molecule has 2 fully saturated rings. The molecule has 0 saturated carbocycles. The van der Waals surface area contributed by atoms with Gasteiger partial charge in [0.15, 0.2) is 0 Å². The van der Waals surface area contributed by atoms with E-state index < -0.39 is 5.97 Å². The molecule has 2 bridgehead atoms. The van der Waals surface area contributed by atoms with Gasteiger partial charge in [0, 0.05) is 25.7 Å². The molecule has 19 heavy (non-hydrogen) atoms. The van der Waals surface area contributed by atoms with Gasteiger partial charge in [-0.15, -0.1) is 0 Å². The SMILES string of the molecule is CCCCCN(C)C(=O)N1C2CCC1C(C(=O)O)C2. The van der Waals surface area contributed by atoms with Crippen LogP contribution >= 0.6 is 0 Å². The van der Waals surface area contributed by atoms with E-state index in [-0.39, 0.29) is 24.0 Å². The molecular formula is C14H24N2O3. The number of fused-ring (bicyclic) bond motifs is 2. The van der Waals surface area contributed by atoms with E-state index in [1.807, 2.05) is 11.9 Å². The second-order valence-electron chi connectivity index (χ2n) is 5.80. The van der Waals surface area contributed by atoms with Crippen LogP contribution in [-0.2, 0) is 4.79 Å². The molecule has 3 unspecified atom stereocenters. The summed E-state index contributed by atoms with van der Waals surface area (Å²) < 4.78 is 0. The van der Waals surface area contributed by atoms with Crippen molar-refractivity contribution in [3.05, 3.63) is 0 Å². The van der Waals surface area contributed by atoms with Gasteiger partial charge < -0.3 is 14.9 Å². The highest BCUT2D eigenvalue weighted by atomic mass is 16.4. The molecule has 2 aliphatic rings. The summed E-state index contributed by atoms with van der Waals surface area (Å²) in [6.45, 7) is 2.90. The van der Waals surface area contributed by atoms with E-state index in [1.165, 1.54) is 0 Å². The molecule has 5 heteroatoms. The highest BCUT2D eigenvalue weighted by Crippen LogP contribution is 2.42. The highest BCUT2D eigenvalue weighted by molar-refractivity contribution is 5.79. The van der Waals surface area contributed by atoms with E-state index in [0.29, 0.717) is 6.42 Å². The molecule has 2 heterocycles. The Balaban J connectivity index is 1.94. The zero-order valence-corrected chi connectivity index (χ0v) is 11.8. The molecule has 0 radical (unpaired) electrons. The minimum atomic E-state index is -0.751. The zero-order chi connectivity index (χ0) is 14.0. The Morgan fingerprint density at radius 2 is 2.05 bits per heavy atom. The normalized spacial score (nSPS) is 28.7. The van der Waals surface area contributed by atoms with Crippen LogP contribution in [0.25, 0.3) is 0 Å². The average Bonchev–Trinajstić information content (AvgIpc) is 2.95. The summed E-state index contributed by atoms with van der Waals surface area (Å²) in [4.78, 5) is 27.2. The second kappa shape index (κ2) is 5.80. The molecule has 2 aliphatic heterocycles. The van der Waals surface area contributed by atoms with Crippen molar-refractivity contribution in [2.45, 2.75) is 57.5 Å². The summed E-state index contributed by atoms with van der Waals surface area (Å²) >= 11 is 0. The third-order valence-electron chi connectivity index (χ3n) is 4.50. The predicted molar refractivity (Wildman–Crippen MR) is 71.9 cm³/mol. The van der Waals surface area contributed by atoms with Gasteiger partial charge in [-0.3, -0.25) is 4.79 Å². The molecule has 2 amide bonds. The van der Waals surface area contributed by atoms with Crippen molar-refractivity contribution >= 4 is 12.0 Å². The third-order valence-corrected chi connectivity index (χ3v) is 4.50. The number of amides is 2. The third kappa shape index (κ3) is 2.69. The van der Waals surface area contributed by atoms with Crippen LogP contribution in [0.3, 0.4) is 0 Å². The van der Waals surface area contributed by atoms with E-state index in [9.17, 15) is 14.7 Å². The van der Waals surface area contributed by atoms with Gasteiger partial charge in [-0.05, 0) is 25.7 Å². The van der Waals surface area contributed by atoms with E-state index in [2.05, 4.69) is 6.92 Å². The number of carboxylic acid groups (broad SMARTS) is 1. The number of carboxylic acids is 1. The summed E-state index contributed by atoms with van der Waals surface area (Å²) in [5.74, 6) is -1.11. The van der Waals surface area contributed by atoms with Crippen molar-refractivity contribution < 1.29 is 14.7 Å². The summed E-state index contributed by atoms with van der Waals surface area (Å²) in [6.07, 6.45) is 5.72. The largest absolute Gasteiger partial charge is 0.481 e. The smallest absolute Gasteiger partial charge is 0.320 e. The van der Waals surface area contributed by atoms with Crippen molar-refractivity contribution in [1.82, 2.24) is 9.80 Å². The van der Waals surface area contributed by atoms with E-state index in [1.54, 1.807) is 4.90 Å². The topological polar surface area (TPSA) is 60.9 Å². The molecule has 1 N–H and O–H groups in total. The summed E-state index contributed by atoms with van der Waals surface area (Å²) in [5, 5.41) is 9.20. The Bertz CT molecular complexity index is 359. The maximum atomic E-state index is 12.4. The van der Waals surface area contributed by atoms with Gasteiger partial charge in [0.1, 0.15) is 0 Å². The quantitative estimate of drug-likeness (QED) is 0.777. The summed E-state index contributed by atoms with van der Waals surface area (Å²) in [7, 11) is 1.82. The minimum Gasteiger partial charge on any atom is -0.481 e. The first-order valence-electron chi connectivity index (χ1n) is 7.32. The maximum absolute atomic E-state index is 12.4. The Labute approximate surface area is 114 Å². The van der Waals surface area contributed by atoms with Crippen LogP contribution < -0.4 is 0 Å². The lowest BCUT2D eigenvalue weighted by Gasteiger charge is -2.28. The Morgan fingerprint density at radius 3 is 2.63 bits per heavy atom. The lowest BCUT2D eigenvalue weighted by Crippen LogP contribution is -2.45. The van der Waals surface area contributed by atoms with Crippen LogP contribution in [0.4, 0.5) is 4.79 Å². The number of carbonyl (C=O) groups excluding carboxylic acids is 1. The summed E-state index contributed by atoms with van der Waals surface area (Å²) in [5.41, 5.74) is 0. The summed E-state index contributed by atoms with van der Waals surface area (Å²) in [6, 6.07) is 0.0863. The van der Waals surface area contributed by atoms with Crippen molar-refractivity contribution in [2.24, 2.45) is 5.92 Å². The lowest BCUT2D eigenvalue weighted by atomic mass is 9.89. The molecule has 3 atom stereocenters. The number of carbonyl (C=O) groups is 2. The standard InChI is InChI=1S/C14H24N2O3/c1-3-4-5-8-15(2)14(19)16-10-6-7-12(16)11(9-10)13(17)18/h10-12H,3-9H2,1-2H3,(H,17,18). The molecule has 5 nitrogen and oxygen atoms in total. The predicted octanol–water partition coefficient (Wildman–Crippen LogP) is 2.17. The van der Waals surface area contributed by atoms with Gasteiger partial charge >= 0.3 is 12.0 Å². The molecule has 108 valence electrons. The fraction of sp³-hybridized carbons (Fsp3) is 0.857. The van der Waals surface area contributed by atoms with Gasteiger partial charge in [-0.25, -0.2) is 4.79 Å². The Hall–Kier alpha value is -1.26. The number of aliphatic carboxylic acids is 1. The second-order valence-corrected chi connectivity index (χ2v) is 5.80. The van der Waals surface area contributed by atoms with Crippen molar-refractivity contribution in [2.75, 3.05) is 13.6 Å². The van der Waals surface area contributed by atoms with Crippen LogP contribution in [0.1, 0.15) is 45.4 Å². The van der Waals surface area contributed by atoms with Crippen molar-refractivity contribution in [3.63, 3.8) is 0 Å². The first kappa shape index (κ1) is 14.2. The molecule has 0 aromatic carbocycles. The van der Waals surface area contributed by atoms with E-state index in [4.69, 9.17) is 0 Å². The molecule has 0 aromatic rings. The van der Waals surface area contributed by atoms with Gasteiger partial charge in [-0.1, -0.05) is 19.8 Å². The number of unbranched alkanes of at least 4 members (excludes halogenated alkanes) is 2. The number of rotatable bonds is 5. The van der Waals surface area contributed by atoms with E-state index >= 15 is 0 Å². The molecule has 0 aliphatic carbocycles. The van der Waals surface area contributed by atoms with Crippen LogP contribution in [0.2, 0.25) is 0 Å². The molecule has 0 spiro atoms. The number of urea groups is 1. The lowest BCUT2D eigenvalue weighted by molar-refractivity contribution is -0.142. The zero-order valence-electron chi connectivity index (χ0n) is 11.8. The number of hydrogen-bond acceptors (Lipinski definition) is 2. The van der Waals surface area contributed by atoms with Gasteiger partial charge in [0.2, 0.25) is 0 Å². The van der Waals surface area contributed by atoms with Gasteiger partial charge in [-0.2, -0.15) is 0 Å². The monoisotopic (exact) mass is 268 g/mol. The van der Waals surface area contributed by atoms with Crippen LogP contribution in [0.5, 0.6) is 0 Å². The Kier molecular flexibility index (Phi) is 4.32. The molecule has 0 aromatic heterocycles. The fourth-order valence-electron chi connectivity index (χ4n) is 3.44. The highest BCUT2D eigenvalue weighted by Gasteiger charge is 2.51. The molecular weight excluding hydrogens is 244 g/mol. The first-order chi connectivity index (χ1) is 9.06. The molecule has 2 rings (SSSR count). The average molecular weight is 268 g/mol. The number of hydrogen-bond donors (Lipinski definition) is 1. The minimum absolute atomic E-state index is 0.0207. The van der Waals surface area contributed by atoms with Crippen molar-refractivity contribution in [3.8, 4) is 0 Å². The fourth-order valence-corrected chi connectivity index (χ4v) is 3.44.